The van der Waals surface area contributed by atoms with Crippen molar-refractivity contribution in [2.45, 2.75) is 39.2 Å². The van der Waals surface area contributed by atoms with Crippen LogP contribution in [0.4, 0.5) is 10.5 Å². The predicted octanol–water partition coefficient (Wildman–Crippen LogP) is 3.34. The van der Waals surface area contributed by atoms with Gasteiger partial charge in [0.05, 0.1) is 7.11 Å². The molecule has 0 bridgehead atoms. The molecule has 0 aliphatic carbocycles. The summed E-state index contributed by atoms with van der Waals surface area (Å²) in [6.45, 7) is 7.11. The molecule has 5 nitrogen and oxygen atoms in total. The second-order valence-electron chi connectivity index (χ2n) is 5.50. The van der Waals surface area contributed by atoms with E-state index in [1.807, 2.05) is 0 Å². The monoisotopic (exact) mass is 279 g/mol. The number of carbonyl (C=O) groups is 2. The molecular formula is C15H21NO4. The molecule has 5 heteroatoms. The number of hydrogen-bond acceptors (Lipinski definition) is 4. The summed E-state index contributed by atoms with van der Waals surface area (Å²) in [7, 11) is 1.55. The SMILES string of the molecule is COc1ccc(NC(=O)OC(C)(C)C)c(C(C)C=O)c1. The van der Waals surface area contributed by atoms with Crippen molar-refractivity contribution in [3.63, 3.8) is 0 Å². The number of amides is 1. The zero-order valence-corrected chi connectivity index (χ0v) is 12.5. The normalized spacial score (nSPS) is 12.4. The average Bonchev–Trinajstić information content (AvgIpc) is 2.36. The fraction of sp³-hybridized carbons (Fsp3) is 0.467. The van der Waals surface area contributed by atoms with Gasteiger partial charge < -0.3 is 14.3 Å². The Morgan fingerprint density at radius 1 is 1.35 bits per heavy atom. The highest BCUT2D eigenvalue weighted by Gasteiger charge is 2.18. The predicted molar refractivity (Wildman–Crippen MR) is 77.3 cm³/mol. The molecule has 0 saturated carbocycles. The molecule has 0 spiro atoms. The third kappa shape index (κ3) is 4.57. The summed E-state index contributed by atoms with van der Waals surface area (Å²) < 4.78 is 10.3. The third-order valence-electron chi connectivity index (χ3n) is 2.59. The van der Waals surface area contributed by atoms with E-state index in [0.717, 1.165) is 6.29 Å². The zero-order chi connectivity index (χ0) is 15.3. The van der Waals surface area contributed by atoms with Crippen molar-refractivity contribution in [3.05, 3.63) is 23.8 Å². The molecule has 0 aliphatic rings. The van der Waals surface area contributed by atoms with Gasteiger partial charge in [0.25, 0.3) is 0 Å². The van der Waals surface area contributed by atoms with Crippen molar-refractivity contribution in [2.24, 2.45) is 0 Å². The van der Waals surface area contributed by atoms with E-state index < -0.39 is 11.7 Å². The molecular weight excluding hydrogens is 258 g/mol. The van der Waals surface area contributed by atoms with Crippen LogP contribution in [0.5, 0.6) is 5.75 Å². The first-order valence-electron chi connectivity index (χ1n) is 6.40. The van der Waals surface area contributed by atoms with Crippen LogP contribution < -0.4 is 10.1 Å². The Bertz CT molecular complexity index is 491. The van der Waals surface area contributed by atoms with E-state index in [-0.39, 0.29) is 5.92 Å². The minimum absolute atomic E-state index is 0.352. The molecule has 20 heavy (non-hydrogen) atoms. The van der Waals surface area contributed by atoms with Gasteiger partial charge in [-0.1, -0.05) is 6.92 Å². The molecule has 0 heterocycles. The molecule has 1 rings (SSSR count). The number of rotatable bonds is 4. The standard InChI is InChI=1S/C15H21NO4/c1-10(9-17)12-8-11(19-5)6-7-13(12)16-14(18)20-15(2,3)4/h6-10H,1-5H3,(H,16,18). The first-order valence-corrected chi connectivity index (χ1v) is 6.40. The minimum atomic E-state index is -0.576. The Morgan fingerprint density at radius 3 is 2.50 bits per heavy atom. The van der Waals surface area contributed by atoms with E-state index in [0.29, 0.717) is 17.0 Å². The number of carbonyl (C=O) groups excluding carboxylic acids is 2. The fourth-order valence-electron chi connectivity index (χ4n) is 1.65. The van der Waals surface area contributed by atoms with Gasteiger partial charge in [-0.25, -0.2) is 4.79 Å². The summed E-state index contributed by atoms with van der Waals surface area (Å²) in [5, 5.41) is 2.66. The lowest BCUT2D eigenvalue weighted by molar-refractivity contribution is -0.108. The van der Waals surface area contributed by atoms with Crippen LogP contribution >= 0.6 is 0 Å². The first kappa shape index (κ1) is 16.0. The van der Waals surface area contributed by atoms with E-state index in [4.69, 9.17) is 9.47 Å². The van der Waals surface area contributed by atoms with Gasteiger partial charge in [0.1, 0.15) is 17.6 Å². The Labute approximate surface area is 119 Å². The Kier molecular flexibility index (Phi) is 5.13. The largest absolute Gasteiger partial charge is 0.497 e. The van der Waals surface area contributed by atoms with Crippen molar-refractivity contribution in [3.8, 4) is 5.75 Å². The molecule has 1 atom stereocenters. The number of aldehydes is 1. The maximum absolute atomic E-state index is 11.8. The number of methoxy groups -OCH3 is 1. The molecule has 0 radical (unpaired) electrons. The van der Waals surface area contributed by atoms with Crippen LogP contribution in [0.15, 0.2) is 18.2 Å². The van der Waals surface area contributed by atoms with Crippen LogP contribution in [0.25, 0.3) is 0 Å². The highest BCUT2D eigenvalue weighted by Crippen LogP contribution is 2.28. The van der Waals surface area contributed by atoms with Crippen LogP contribution in [-0.4, -0.2) is 25.1 Å². The van der Waals surface area contributed by atoms with E-state index in [1.165, 1.54) is 0 Å². The lowest BCUT2D eigenvalue weighted by atomic mass is 10.0. The van der Waals surface area contributed by atoms with Crippen LogP contribution in [-0.2, 0) is 9.53 Å². The van der Waals surface area contributed by atoms with Gasteiger partial charge in [0.2, 0.25) is 0 Å². The molecule has 1 N–H and O–H groups in total. The summed E-state index contributed by atoms with van der Waals surface area (Å²) in [5.41, 5.74) is 0.650. The maximum Gasteiger partial charge on any atom is 0.412 e. The highest BCUT2D eigenvalue weighted by molar-refractivity contribution is 5.87. The average molecular weight is 279 g/mol. The van der Waals surface area contributed by atoms with Gasteiger partial charge in [0.15, 0.2) is 0 Å². The molecule has 0 fully saturated rings. The van der Waals surface area contributed by atoms with Gasteiger partial charge >= 0.3 is 6.09 Å². The summed E-state index contributed by atoms with van der Waals surface area (Å²) >= 11 is 0. The van der Waals surface area contributed by atoms with E-state index in [1.54, 1.807) is 53.0 Å². The molecule has 1 aromatic rings. The van der Waals surface area contributed by atoms with Crippen molar-refractivity contribution in [1.82, 2.24) is 0 Å². The van der Waals surface area contributed by atoms with Crippen molar-refractivity contribution in [1.29, 1.82) is 0 Å². The second-order valence-corrected chi connectivity index (χ2v) is 5.50. The van der Waals surface area contributed by atoms with E-state index in [9.17, 15) is 9.59 Å². The first-order chi connectivity index (χ1) is 9.26. The van der Waals surface area contributed by atoms with Crippen molar-refractivity contribution in [2.75, 3.05) is 12.4 Å². The molecule has 0 aliphatic heterocycles. The van der Waals surface area contributed by atoms with Gasteiger partial charge in [-0.2, -0.15) is 0 Å². The Hall–Kier alpha value is -2.04. The maximum atomic E-state index is 11.8. The van der Waals surface area contributed by atoms with Crippen LogP contribution in [0.1, 0.15) is 39.2 Å². The lowest BCUT2D eigenvalue weighted by Crippen LogP contribution is -2.27. The summed E-state index contributed by atoms with van der Waals surface area (Å²) in [6.07, 6.45) is 0.261. The molecule has 110 valence electrons. The number of nitrogens with one attached hydrogen (secondary N) is 1. The summed E-state index contributed by atoms with van der Waals surface area (Å²) in [5.74, 6) is 0.276. The molecule has 0 aromatic heterocycles. The number of benzene rings is 1. The summed E-state index contributed by atoms with van der Waals surface area (Å²) in [4.78, 5) is 22.8. The quantitative estimate of drug-likeness (QED) is 0.858. The van der Waals surface area contributed by atoms with Gasteiger partial charge in [-0.3, -0.25) is 5.32 Å². The van der Waals surface area contributed by atoms with Crippen molar-refractivity contribution >= 4 is 18.1 Å². The lowest BCUT2D eigenvalue weighted by Gasteiger charge is -2.21. The Morgan fingerprint density at radius 2 is 2.00 bits per heavy atom. The summed E-state index contributed by atoms with van der Waals surface area (Å²) in [6, 6.07) is 5.14. The molecule has 1 aromatic carbocycles. The Balaban J connectivity index is 2.99. The third-order valence-corrected chi connectivity index (χ3v) is 2.59. The van der Waals surface area contributed by atoms with E-state index >= 15 is 0 Å². The highest BCUT2D eigenvalue weighted by atomic mass is 16.6. The van der Waals surface area contributed by atoms with Crippen LogP contribution in [0.2, 0.25) is 0 Å². The molecule has 1 unspecified atom stereocenters. The molecule has 0 saturated heterocycles. The second kappa shape index (κ2) is 6.41. The van der Waals surface area contributed by atoms with E-state index in [2.05, 4.69) is 5.32 Å². The zero-order valence-electron chi connectivity index (χ0n) is 12.5. The van der Waals surface area contributed by atoms with Gasteiger partial charge in [0, 0.05) is 11.6 Å². The van der Waals surface area contributed by atoms with Gasteiger partial charge in [-0.15, -0.1) is 0 Å². The van der Waals surface area contributed by atoms with Crippen molar-refractivity contribution < 1.29 is 19.1 Å². The fourth-order valence-corrected chi connectivity index (χ4v) is 1.65. The molecule has 1 amide bonds. The van der Waals surface area contributed by atoms with Crippen LogP contribution in [0.3, 0.4) is 0 Å². The number of anilines is 1. The number of ether oxygens (including phenoxy) is 2. The van der Waals surface area contributed by atoms with Crippen LogP contribution in [0, 0.1) is 0 Å². The number of hydrogen-bond donors (Lipinski definition) is 1. The van der Waals surface area contributed by atoms with Gasteiger partial charge in [-0.05, 0) is 44.5 Å². The minimum Gasteiger partial charge on any atom is -0.497 e. The smallest absolute Gasteiger partial charge is 0.412 e. The topological polar surface area (TPSA) is 64.6 Å².